The van der Waals surface area contributed by atoms with Crippen molar-refractivity contribution in [3.63, 3.8) is 0 Å². The highest BCUT2D eigenvalue weighted by Gasteiger charge is 2.31. The molecule has 166 valence electrons. The molecule has 1 aliphatic rings. The molecule has 1 aliphatic heterocycles. The Morgan fingerprint density at radius 3 is 2.65 bits per heavy atom. The molecule has 2 aromatic heterocycles. The van der Waals surface area contributed by atoms with Crippen LogP contribution in [0.15, 0.2) is 36.5 Å². The molecule has 0 saturated carbocycles. The fraction of sp³-hybridized carbons (Fsp3) is 0.429. The summed E-state index contributed by atoms with van der Waals surface area (Å²) in [5.74, 6) is 1.30. The van der Waals surface area contributed by atoms with Crippen LogP contribution in [0.3, 0.4) is 0 Å². The van der Waals surface area contributed by atoms with Gasteiger partial charge in [0.15, 0.2) is 5.65 Å². The van der Waals surface area contributed by atoms with Crippen LogP contribution >= 0.6 is 0 Å². The molecule has 0 atom stereocenters. The predicted molar refractivity (Wildman–Crippen MR) is 110 cm³/mol. The Morgan fingerprint density at radius 2 is 1.94 bits per heavy atom. The summed E-state index contributed by atoms with van der Waals surface area (Å²) >= 11 is 0. The van der Waals surface area contributed by atoms with Gasteiger partial charge in [-0.05, 0) is 69.2 Å². The van der Waals surface area contributed by atoms with Crippen LogP contribution in [0.2, 0.25) is 0 Å². The van der Waals surface area contributed by atoms with Gasteiger partial charge in [0.2, 0.25) is 0 Å². The molecule has 0 aliphatic carbocycles. The Labute approximate surface area is 177 Å². The summed E-state index contributed by atoms with van der Waals surface area (Å²) in [6.45, 7) is 2.98. The Morgan fingerprint density at radius 1 is 1.16 bits per heavy atom. The zero-order valence-corrected chi connectivity index (χ0v) is 17.3. The molecule has 7 nitrogen and oxygen atoms in total. The number of alkyl halides is 3. The maximum atomic E-state index is 12.7. The van der Waals surface area contributed by atoms with E-state index in [-0.39, 0.29) is 5.75 Å². The molecule has 1 N–H and O–H groups in total. The first-order valence-corrected chi connectivity index (χ1v) is 10.0. The molecule has 10 heteroatoms. The van der Waals surface area contributed by atoms with Crippen LogP contribution in [-0.4, -0.2) is 59.7 Å². The minimum atomic E-state index is -4.78. The van der Waals surface area contributed by atoms with Crippen molar-refractivity contribution < 1.29 is 22.6 Å². The van der Waals surface area contributed by atoms with Crippen LogP contribution in [0.4, 0.5) is 19.0 Å². The lowest BCUT2D eigenvalue weighted by Crippen LogP contribution is -2.33. The molecular weight excluding hydrogens is 411 g/mol. The third kappa shape index (κ3) is 5.01. The van der Waals surface area contributed by atoms with Gasteiger partial charge >= 0.3 is 6.36 Å². The van der Waals surface area contributed by atoms with Crippen LogP contribution in [0.5, 0.6) is 11.5 Å². The number of fused-ring (bicyclic) bond motifs is 1. The van der Waals surface area contributed by atoms with E-state index in [1.165, 1.54) is 25.3 Å². The number of methoxy groups -OCH3 is 1. The van der Waals surface area contributed by atoms with Gasteiger partial charge in [0, 0.05) is 12.1 Å². The molecule has 4 rings (SSSR count). The molecule has 1 aromatic carbocycles. The van der Waals surface area contributed by atoms with Gasteiger partial charge in [0.05, 0.1) is 19.0 Å². The van der Waals surface area contributed by atoms with Gasteiger partial charge in [0.25, 0.3) is 0 Å². The summed E-state index contributed by atoms with van der Waals surface area (Å²) in [6, 6.07) is 7.58. The molecule has 31 heavy (non-hydrogen) atoms. The number of benzene rings is 1. The summed E-state index contributed by atoms with van der Waals surface area (Å²) < 4.78 is 49.0. The molecule has 1 saturated heterocycles. The fourth-order valence-corrected chi connectivity index (χ4v) is 3.75. The van der Waals surface area contributed by atoms with E-state index in [4.69, 9.17) is 4.74 Å². The molecule has 3 aromatic rings. The van der Waals surface area contributed by atoms with Crippen LogP contribution < -0.4 is 14.8 Å². The lowest BCUT2D eigenvalue weighted by molar-refractivity contribution is -0.274. The number of halogens is 3. The summed E-state index contributed by atoms with van der Waals surface area (Å²) in [5, 5.41) is 7.98. The van der Waals surface area contributed by atoms with E-state index >= 15 is 0 Å². The van der Waals surface area contributed by atoms with Gasteiger partial charge in [-0.1, -0.05) is 0 Å². The molecule has 0 spiro atoms. The molecule has 0 amide bonds. The van der Waals surface area contributed by atoms with E-state index < -0.39 is 6.36 Å². The van der Waals surface area contributed by atoms with Crippen LogP contribution in [-0.2, 0) is 0 Å². The molecule has 0 unspecified atom stereocenters. The zero-order chi connectivity index (χ0) is 22.0. The second-order valence-electron chi connectivity index (χ2n) is 7.67. The number of aromatic nitrogens is 3. The van der Waals surface area contributed by atoms with Crippen LogP contribution in [0.1, 0.15) is 12.8 Å². The Hall–Kier alpha value is -3.01. The highest BCUT2D eigenvalue weighted by atomic mass is 19.4. The van der Waals surface area contributed by atoms with Crippen LogP contribution in [0.25, 0.3) is 16.9 Å². The number of hydrogen-bond donors (Lipinski definition) is 1. The second-order valence-corrected chi connectivity index (χ2v) is 7.67. The second kappa shape index (κ2) is 8.62. The lowest BCUT2D eigenvalue weighted by atomic mass is 9.97. The van der Waals surface area contributed by atoms with E-state index in [1.54, 1.807) is 10.7 Å². The molecular formula is C21H24F3N5O2. The molecule has 0 radical (unpaired) electrons. The third-order valence-electron chi connectivity index (χ3n) is 5.45. The van der Waals surface area contributed by atoms with Gasteiger partial charge in [-0.25, -0.2) is 9.50 Å². The normalized spacial score (nSPS) is 15.9. The number of likely N-dealkylation sites (tertiary alicyclic amines) is 1. The quantitative estimate of drug-likeness (QED) is 0.630. The standard InChI is InChI=1S/C21H24F3N5O2/c1-28-9-7-14(8-10-28)12-25-19-5-6-20-26-13-17(29(20)27-19)16-11-15(31-21(22,23)24)3-4-18(16)30-2/h3-6,11,13-14H,7-10,12H2,1-2H3,(H,25,27). The van der Waals surface area contributed by atoms with Crippen molar-refractivity contribution in [3.05, 3.63) is 36.5 Å². The topological polar surface area (TPSA) is 63.9 Å². The van der Waals surface area contributed by atoms with Gasteiger partial charge in [-0.2, -0.15) is 0 Å². The van der Waals surface area contributed by atoms with Crippen molar-refractivity contribution in [2.24, 2.45) is 5.92 Å². The largest absolute Gasteiger partial charge is 0.573 e. The number of ether oxygens (including phenoxy) is 2. The predicted octanol–water partition coefficient (Wildman–Crippen LogP) is 4.06. The third-order valence-corrected chi connectivity index (χ3v) is 5.45. The van der Waals surface area contributed by atoms with E-state index in [2.05, 4.69) is 32.1 Å². The smallest absolute Gasteiger partial charge is 0.496 e. The average molecular weight is 435 g/mol. The summed E-state index contributed by atoms with van der Waals surface area (Å²) in [6.07, 6.45) is -0.969. The highest BCUT2D eigenvalue weighted by molar-refractivity contribution is 5.71. The first-order chi connectivity index (χ1) is 14.8. The highest BCUT2D eigenvalue weighted by Crippen LogP contribution is 2.35. The lowest BCUT2D eigenvalue weighted by Gasteiger charge is -2.29. The van der Waals surface area contributed by atoms with Crippen molar-refractivity contribution in [1.82, 2.24) is 19.5 Å². The maximum absolute atomic E-state index is 12.7. The minimum absolute atomic E-state index is 0.338. The van der Waals surface area contributed by atoms with E-state index in [1.807, 2.05) is 12.1 Å². The van der Waals surface area contributed by atoms with Gasteiger partial charge < -0.3 is 19.7 Å². The molecule has 0 bridgehead atoms. The van der Waals surface area contributed by atoms with Crippen molar-refractivity contribution in [2.75, 3.05) is 39.1 Å². The van der Waals surface area contributed by atoms with E-state index in [0.29, 0.717) is 34.4 Å². The SMILES string of the molecule is COc1ccc(OC(F)(F)F)cc1-c1cnc2ccc(NCC3CCN(C)CC3)nn12. The average Bonchev–Trinajstić information content (AvgIpc) is 3.15. The van der Waals surface area contributed by atoms with Crippen molar-refractivity contribution in [2.45, 2.75) is 19.2 Å². The molecule has 1 fully saturated rings. The number of imidazole rings is 1. The number of nitrogens with one attached hydrogen (secondary N) is 1. The number of anilines is 1. The zero-order valence-electron chi connectivity index (χ0n) is 17.3. The monoisotopic (exact) mass is 435 g/mol. The summed E-state index contributed by atoms with van der Waals surface area (Å²) in [4.78, 5) is 6.64. The van der Waals surface area contributed by atoms with E-state index in [0.717, 1.165) is 32.5 Å². The van der Waals surface area contributed by atoms with E-state index in [9.17, 15) is 13.2 Å². The molecule has 3 heterocycles. The Balaban J connectivity index is 1.61. The first-order valence-electron chi connectivity index (χ1n) is 10.0. The number of hydrogen-bond acceptors (Lipinski definition) is 6. The number of piperidine rings is 1. The van der Waals surface area contributed by atoms with Crippen LogP contribution in [0, 0.1) is 5.92 Å². The fourth-order valence-electron chi connectivity index (χ4n) is 3.75. The van der Waals surface area contributed by atoms with Gasteiger partial charge in [-0.15, -0.1) is 18.3 Å². The number of rotatable bonds is 6. The summed E-state index contributed by atoms with van der Waals surface area (Å²) in [7, 11) is 3.58. The van der Waals surface area contributed by atoms with Crippen molar-refractivity contribution in [3.8, 4) is 22.8 Å². The Bertz CT molecular complexity index is 1050. The minimum Gasteiger partial charge on any atom is -0.496 e. The van der Waals surface area contributed by atoms with Gasteiger partial charge in [0.1, 0.15) is 17.3 Å². The first kappa shape index (κ1) is 21.2. The Kier molecular flexibility index (Phi) is 5.90. The number of nitrogens with zero attached hydrogens (tertiary/aromatic N) is 4. The summed E-state index contributed by atoms with van der Waals surface area (Å²) in [5.41, 5.74) is 1.48. The van der Waals surface area contributed by atoms with Gasteiger partial charge in [-0.3, -0.25) is 0 Å². The maximum Gasteiger partial charge on any atom is 0.573 e. The van der Waals surface area contributed by atoms with Crippen molar-refractivity contribution >= 4 is 11.5 Å². The van der Waals surface area contributed by atoms with Crippen molar-refractivity contribution in [1.29, 1.82) is 0 Å².